The van der Waals surface area contributed by atoms with Crippen molar-refractivity contribution in [1.82, 2.24) is 10.2 Å². The van der Waals surface area contributed by atoms with Crippen LogP contribution in [0.5, 0.6) is 0 Å². The summed E-state index contributed by atoms with van der Waals surface area (Å²) in [7, 11) is 0. The molecule has 20 heavy (non-hydrogen) atoms. The van der Waals surface area contributed by atoms with E-state index in [-0.39, 0.29) is 5.41 Å². The van der Waals surface area contributed by atoms with Gasteiger partial charge in [-0.1, -0.05) is 51.1 Å². The topological polar surface area (TPSA) is 25.8 Å². The summed E-state index contributed by atoms with van der Waals surface area (Å²) in [6, 6.07) is 12.7. The smallest absolute Gasteiger partial charge is 0.0932 e. The third-order valence-corrected chi connectivity index (χ3v) is 6.02. The van der Waals surface area contributed by atoms with Crippen molar-refractivity contribution in [2.45, 2.75) is 44.9 Å². The molecule has 0 amide bonds. The van der Waals surface area contributed by atoms with E-state index in [1.807, 2.05) is 6.07 Å². The lowest BCUT2D eigenvalue weighted by Crippen LogP contribution is -2.32. The number of nitrogens with zero attached hydrogens (tertiary/aromatic N) is 2. The van der Waals surface area contributed by atoms with Crippen molar-refractivity contribution in [2.24, 2.45) is 5.41 Å². The summed E-state index contributed by atoms with van der Waals surface area (Å²) in [5, 5.41) is 9.14. The molecule has 0 aliphatic heterocycles. The average Bonchev–Trinajstić information content (AvgIpc) is 2.79. The van der Waals surface area contributed by atoms with E-state index >= 15 is 0 Å². The summed E-state index contributed by atoms with van der Waals surface area (Å²) in [6.07, 6.45) is 2.54. The Hall–Kier alpha value is -1.70. The van der Waals surface area contributed by atoms with E-state index in [4.69, 9.17) is 0 Å². The second-order valence-electron chi connectivity index (χ2n) is 7.04. The predicted octanol–water partition coefficient (Wildman–Crippen LogP) is 4.32. The third-order valence-electron chi connectivity index (χ3n) is 6.02. The molecule has 0 N–H and O–H groups in total. The van der Waals surface area contributed by atoms with Gasteiger partial charge in [-0.05, 0) is 35.8 Å². The van der Waals surface area contributed by atoms with Crippen molar-refractivity contribution in [2.75, 3.05) is 0 Å². The first-order valence-corrected chi connectivity index (χ1v) is 7.47. The zero-order valence-electron chi connectivity index (χ0n) is 12.4. The number of aromatic nitrogens is 2. The highest BCUT2D eigenvalue weighted by Crippen LogP contribution is 2.67. The quantitative estimate of drug-likeness (QED) is 0.766. The number of hydrogen-bond donors (Lipinski definition) is 0. The molecular weight excluding hydrogens is 244 g/mol. The van der Waals surface area contributed by atoms with Gasteiger partial charge < -0.3 is 0 Å². The number of fused-ring (bicyclic) bond motifs is 5. The van der Waals surface area contributed by atoms with Gasteiger partial charge in [0.05, 0.1) is 11.4 Å². The van der Waals surface area contributed by atoms with Gasteiger partial charge >= 0.3 is 0 Å². The minimum atomic E-state index is 0.204. The SMILES string of the molecule is CC12CCC(c3cc(-c4ccccc4)nnc31)C2(C)C. The molecule has 102 valence electrons. The molecule has 2 atom stereocenters. The highest BCUT2D eigenvalue weighted by atomic mass is 15.1. The van der Waals surface area contributed by atoms with E-state index in [1.165, 1.54) is 24.1 Å². The predicted molar refractivity (Wildman–Crippen MR) is 80.6 cm³/mol. The maximum atomic E-state index is 4.64. The minimum absolute atomic E-state index is 0.204. The zero-order chi connectivity index (χ0) is 14.0. The van der Waals surface area contributed by atoms with Gasteiger partial charge in [0.15, 0.2) is 0 Å². The van der Waals surface area contributed by atoms with Gasteiger partial charge in [0.1, 0.15) is 0 Å². The monoisotopic (exact) mass is 264 g/mol. The molecular formula is C18H20N2. The molecule has 1 saturated carbocycles. The molecule has 2 nitrogen and oxygen atoms in total. The maximum Gasteiger partial charge on any atom is 0.0932 e. The fraction of sp³-hybridized carbons (Fsp3) is 0.444. The maximum absolute atomic E-state index is 4.64. The first-order valence-electron chi connectivity index (χ1n) is 7.47. The van der Waals surface area contributed by atoms with Gasteiger partial charge in [-0.25, -0.2) is 0 Å². The molecule has 2 aliphatic rings. The molecule has 2 unspecified atom stereocenters. The molecule has 1 aromatic carbocycles. The van der Waals surface area contributed by atoms with Gasteiger partial charge in [0, 0.05) is 11.0 Å². The highest BCUT2D eigenvalue weighted by Gasteiger charge is 2.60. The summed E-state index contributed by atoms with van der Waals surface area (Å²) in [6.45, 7) is 7.17. The highest BCUT2D eigenvalue weighted by molar-refractivity contribution is 5.61. The van der Waals surface area contributed by atoms with Crippen molar-refractivity contribution in [1.29, 1.82) is 0 Å². The fourth-order valence-corrected chi connectivity index (χ4v) is 4.32. The summed E-state index contributed by atoms with van der Waals surface area (Å²) < 4.78 is 0. The van der Waals surface area contributed by atoms with Gasteiger partial charge in [-0.3, -0.25) is 0 Å². The van der Waals surface area contributed by atoms with Gasteiger partial charge in [-0.2, -0.15) is 10.2 Å². The van der Waals surface area contributed by atoms with Gasteiger partial charge in [0.25, 0.3) is 0 Å². The van der Waals surface area contributed by atoms with Crippen LogP contribution in [0.1, 0.15) is 50.8 Å². The Bertz CT molecular complexity index is 675. The van der Waals surface area contributed by atoms with Crippen LogP contribution >= 0.6 is 0 Å². The second kappa shape index (κ2) is 3.69. The van der Waals surface area contributed by atoms with E-state index in [9.17, 15) is 0 Å². The molecule has 1 aromatic heterocycles. The van der Waals surface area contributed by atoms with Crippen molar-refractivity contribution in [3.63, 3.8) is 0 Å². The molecule has 0 radical (unpaired) electrons. The van der Waals surface area contributed by atoms with Crippen LogP contribution in [0.3, 0.4) is 0 Å². The lowest BCUT2D eigenvalue weighted by molar-refractivity contribution is 0.226. The first kappa shape index (κ1) is 12.1. The molecule has 4 rings (SSSR count). The van der Waals surface area contributed by atoms with Crippen LogP contribution < -0.4 is 0 Å². The Kier molecular flexibility index (Phi) is 2.23. The van der Waals surface area contributed by atoms with Gasteiger partial charge in [0.2, 0.25) is 0 Å². The number of rotatable bonds is 1. The summed E-state index contributed by atoms with van der Waals surface area (Å²) in [5.74, 6) is 0.639. The van der Waals surface area contributed by atoms with Crippen molar-refractivity contribution in [3.05, 3.63) is 47.7 Å². The van der Waals surface area contributed by atoms with E-state index in [0.717, 1.165) is 11.3 Å². The largest absolute Gasteiger partial charge is 0.154 e. The molecule has 0 saturated heterocycles. The Labute approximate surface area is 120 Å². The van der Waals surface area contributed by atoms with E-state index in [1.54, 1.807) is 0 Å². The first-order chi connectivity index (χ1) is 9.54. The van der Waals surface area contributed by atoms with Crippen molar-refractivity contribution >= 4 is 0 Å². The Morgan fingerprint density at radius 1 is 1.05 bits per heavy atom. The summed E-state index contributed by atoms with van der Waals surface area (Å²) in [4.78, 5) is 0. The Morgan fingerprint density at radius 3 is 2.55 bits per heavy atom. The Morgan fingerprint density at radius 2 is 1.80 bits per heavy atom. The standard InChI is InChI=1S/C18H20N2/c1-17(2)14-9-10-18(17,3)16-13(14)11-15(19-20-16)12-7-5-4-6-8-12/h4-8,11,14H,9-10H2,1-3H3. The van der Waals surface area contributed by atoms with Crippen LogP contribution in [0.4, 0.5) is 0 Å². The van der Waals surface area contributed by atoms with Crippen LogP contribution in [-0.4, -0.2) is 10.2 Å². The molecule has 1 heterocycles. The van der Waals surface area contributed by atoms with Crippen LogP contribution in [0, 0.1) is 5.41 Å². The van der Waals surface area contributed by atoms with Crippen LogP contribution in [-0.2, 0) is 5.41 Å². The van der Waals surface area contributed by atoms with Crippen LogP contribution in [0.25, 0.3) is 11.3 Å². The zero-order valence-corrected chi connectivity index (χ0v) is 12.4. The lowest BCUT2D eigenvalue weighted by atomic mass is 9.70. The molecule has 2 bridgehead atoms. The van der Waals surface area contributed by atoms with Crippen molar-refractivity contribution < 1.29 is 0 Å². The molecule has 1 fully saturated rings. The van der Waals surface area contributed by atoms with Crippen LogP contribution in [0.2, 0.25) is 0 Å². The third kappa shape index (κ3) is 1.29. The van der Waals surface area contributed by atoms with E-state index in [2.05, 4.69) is 61.3 Å². The Balaban J connectivity index is 1.88. The molecule has 2 heteroatoms. The second-order valence-corrected chi connectivity index (χ2v) is 7.04. The molecule has 2 aromatic rings. The summed E-state index contributed by atoms with van der Waals surface area (Å²) >= 11 is 0. The normalized spacial score (nSPS) is 29.4. The van der Waals surface area contributed by atoms with Crippen LogP contribution in [0.15, 0.2) is 36.4 Å². The number of hydrogen-bond acceptors (Lipinski definition) is 2. The minimum Gasteiger partial charge on any atom is -0.154 e. The molecule has 2 aliphatic carbocycles. The lowest BCUT2D eigenvalue weighted by Gasteiger charge is -2.33. The van der Waals surface area contributed by atoms with Gasteiger partial charge in [-0.15, -0.1) is 0 Å². The van der Waals surface area contributed by atoms with E-state index < -0.39 is 0 Å². The van der Waals surface area contributed by atoms with E-state index in [0.29, 0.717) is 11.3 Å². The molecule has 0 spiro atoms. The summed E-state index contributed by atoms with van der Waals surface area (Å²) in [5.41, 5.74) is 5.37. The number of benzene rings is 1. The fourth-order valence-electron chi connectivity index (χ4n) is 4.32. The van der Waals surface area contributed by atoms with Crippen molar-refractivity contribution in [3.8, 4) is 11.3 Å². The average molecular weight is 264 g/mol.